The first-order valence-corrected chi connectivity index (χ1v) is 8.71. The lowest BCUT2D eigenvalue weighted by molar-refractivity contribution is -0.0320. The molecule has 1 N–H and O–H groups in total. The van der Waals surface area contributed by atoms with Gasteiger partial charge >= 0.3 is 6.01 Å². The second-order valence-electron chi connectivity index (χ2n) is 6.49. The summed E-state index contributed by atoms with van der Waals surface area (Å²) in [4.78, 5) is 2.62. The van der Waals surface area contributed by atoms with Gasteiger partial charge in [-0.05, 0) is 19.3 Å². The molecule has 3 rings (SSSR count). The molecule has 0 bridgehead atoms. The quantitative estimate of drug-likeness (QED) is 0.871. The largest absolute Gasteiger partial charge is 0.408 e. The van der Waals surface area contributed by atoms with Crippen molar-refractivity contribution < 1.29 is 9.15 Å². The first-order chi connectivity index (χ1) is 10.8. The summed E-state index contributed by atoms with van der Waals surface area (Å²) in [5.41, 5.74) is 0.224. The topological polar surface area (TPSA) is 63.4 Å². The Hall–Kier alpha value is -1.14. The number of aryl methyl sites for hydroxylation is 1. The van der Waals surface area contributed by atoms with E-state index in [9.17, 15) is 0 Å². The number of morpholine rings is 1. The maximum atomic E-state index is 5.67. The van der Waals surface area contributed by atoms with E-state index in [1.807, 2.05) is 0 Å². The minimum atomic E-state index is 0.224. The van der Waals surface area contributed by atoms with Crippen molar-refractivity contribution >= 4 is 6.01 Å². The summed E-state index contributed by atoms with van der Waals surface area (Å²) in [5, 5.41) is 11.6. The second-order valence-corrected chi connectivity index (χ2v) is 6.49. The first kappa shape index (κ1) is 15.7. The van der Waals surface area contributed by atoms with Crippen LogP contribution in [0.2, 0.25) is 0 Å². The van der Waals surface area contributed by atoms with Crippen LogP contribution in [-0.2, 0) is 11.2 Å². The van der Waals surface area contributed by atoms with Gasteiger partial charge in [0.1, 0.15) is 0 Å². The molecule has 1 aliphatic carbocycles. The number of hydrogen-bond donors (Lipinski definition) is 1. The summed E-state index contributed by atoms with van der Waals surface area (Å²) in [5.74, 6) is 0.731. The molecule has 2 aliphatic rings. The molecule has 0 amide bonds. The molecule has 1 aromatic rings. The van der Waals surface area contributed by atoms with Gasteiger partial charge in [0.2, 0.25) is 5.89 Å². The van der Waals surface area contributed by atoms with E-state index < -0.39 is 0 Å². The molecule has 0 unspecified atom stereocenters. The van der Waals surface area contributed by atoms with Crippen LogP contribution in [0.3, 0.4) is 0 Å². The van der Waals surface area contributed by atoms with Crippen molar-refractivity contribution in [2.45, 2.75) is 57.4 Å². The lowest BCUT2D eigenvalue weighted by Crippen LogP contribution is -2.58. The van der Waals surface area contributed by atoms with Crippen LogP contribution in [0.25, 0.3) is 0 Å². The average Bonchev–Trinajstić information content (AvgIpc) is 3.03. The summed E-state index contributed by atoms with van der Waals surface area (Å²) in [7, 11) is 0. The van der Waals surface area contributed by atoms with E-state index in [0.29, 0.717) is 6.01 Å². The van der Waals surface area contributed by atoms with Gasteiger partial charge in [-0.1, -0.05) is 31.3 Å². The Morgan fingerprint density at radius 3 is 2.64 bits per heavy atom. The molecule has 0 radical (unpaired) electrons. The van der Waals surface area contributed by atoms with Crippen LogP contribution in [0.5, 0.6) is 0 Å². The molecule has 1 saturated heterocycles. The fourth-order valence-corrected chi connectivity index (χ4v) is 3.73. The van der Waals surface area contributed by atoms with Gasteiger partial charge in [-0.25, -0.2) is 0 Å². The molecule has 124 valence electrons. The van der Waals surface area contributed by atoms with E-state index in [-0.39, 0.29) is 5.54 Å². The average molecular weight is 308 g/mol. The number of anilines is 1. The molecule has 0 aromatic carbocycles. The zero-order valence-electron chi connectivity index (χ0n) is 13.6. The molecule has 2 fully saturated rings. The van der Waals surface area contributed by atoms with Crippen LogP contribution < -0.4 is 5.32 Å². The van der Waals surface area contributed by atoms with Crippen molar-refractivity contribution in [3.8, 4) is 0 Å². The van der Waals surface area contributed by atoms with Crippen molar-refractivity contribution in [1.82, 2.24) is 15.1 Å². The summed E-state index contributed by atoms with van der Waals surface area (Å²) in [6, 6.07) is 0.571. The highest BCUT2D eigenvalue weighted by molar-refractivity contribution is 5.19. The third kappa shape index (κ3) is 3.60. The Morgan fingerprint density at radius 1 is 1.14 bits per heavy atom. The Balaban J connectivity index is 1.64. The van der Waals surface area contributed by atoms with Crippen molar-refractivity contribution in [3.63, 3.8) is 0 Å². The van der Waals surface area contributed by atoms with Gasteiger partial charge in [0.15, 0.2) is 0 Å². The van der Waals surface area contributed by atoms with Gasteiger partial charge in [-0.2, -0.15) is 0 Å². The first-order valence-electron chi connectivity index (χ1n) is 8.71. The number of nitrogens with one attached hydrogen (secondary N) is 1. The molecule has 6 heteroatoms. The van der Waals surface area contributed by atoms with E-state index in [1.165, 1.54) is 32.1 Å². The molecule has 1 saturated carbocycles. The van der Waals surface area contributed by atoms with Crippen molar-refractivity contribution in [2.75, 3.05) is 38.2 Å². The van der Waals surface area contributed by atoms with Crippen LogP contribution in [0.4, 0.5) is 6.01 Å². The van der Waals surface area contributed by atoms with E-state index in [1.54, 1.807) is 0 Å². The van der Waals surface area contributed by atoms with Gasteiger partial charge in [0.05, 0.1) is 13.2 Å². The van der Waals surface area contributed by atoms with Crippen LogP contribution in [0.1, 0.15) is 51.3 Å². The third-order valence-electron chi connectivity index (χ3n) is 4.97. The highest BCUT2D eigenvalue weighted by atomic mass is 16.5. The Labute approximate surface area is 132 Å². The molecule has 6 nitrogen and oxygen atoms in total. The van der Waals surface area contributed by atoms with Crippen molar-refractivity contribution in [1.29, 1.82) is 0 Å². The maximum Gasteiger partial charge on any atom is 0.315 e. The van der Waals surface area contributed by atoms with Crippen LogP contribution in [0, 0.1) is 0 Å². The SMILES string of the molecule is CCCc1nnc(NCC2(N3CCOCC3)CCCCC2)o1. The molecular formula is C16H28N4O2. The van der Waals surface area contributed by atoms with Crippen LogP contribution in [-0.4, -0.2) is 53.5 Å². The van der Waals surface area contributed by atoms with Crippen LogP contribution in [0.15, 0.2) is 4.42 Å². The molecule has 22 heavy (non-hydrogen) atoms. The zero-order chi connectivity index (χ0) is 15.3. The van der Waals surface area contributed by atoms with Crippen molar-refractivity contribution in [2.24, 2.45) is 0 Å². The molecular weight excluding hydrogens is 280 g/mol. The fraction of sp³-hybridized carbons (Fsp3) is 0.875. The normalized spacial score (nSPS) is 22.6. The van der Waals surface area contributed by atoms with Crippen LogP contribution >= 0.6 is 0 Å². The minimum absolute atomic E-state index is 0.224. The van der Waals surface area contributed by atoms with E-state index in [4.69, 9.17) is 9.15 Å². The predicted octanol–water partition coefficient (Wildman–Crippen LogP) is 2.47. The number of hydrogen-bond acceptors (Lipinski definition) is 6. The number of aromatic nitrogens is 2. The monoisotopic (exact) mass is 308 g/mol. The zero-order valence-corrected chi connectivity index (χ0v) is 13.6. The van der Waals surface area contributed by atoms with E-state index >= 15 is 0 Å². The summed E-state index contributed by atoms with van der Waals surface area (Å²) in [6.07, 6.45) is 8.34. The summed E-state index contributed by atoms with van der Waals surface area (Å²) >= 11 is 0. The third-order valence-corrected chi connectivity index (χ3v) is 4.97. The number of rotatable bonds is 6. The standard InChI is InChI=1S/C16H28N4O2/c1-2-6-14-18-19-15(22-14)17-13-16(7-4-3-5-8-16)20-9-11-21-12-10-20/h2-13H2,1H3,(H,17,19). The lowest BCUT2D eigenvalue weighted by atomic mass is 9.80. The van der Waals surface area contributed by atoms with Gasteiger partial charge in [0, 0.05) is 31.6 Å². The molecule has 1 aromatic heterocycles. The summed E-state index contributed by atoms with van der Waals surface area (Å²) < 4.78 is 11.2. The molecule has 0 atom stereocenters. The molecule has 0 spiro atoms. The second kappa shape index (κ2) is 7.42. The van der Waals surface area contributed by atoms with Crippen molar-refractivity contribution in [3.05, 3.63) is 5.89 Å². The Kier molecular flexibility index (Phi) is 5.31. The smallest absolute Gasteiger partial charge is 0.315 e. The predicted molar refractivity (Wildman–Crippen MR) is 85.0 cm³/mol. The van der Waals surface area contributed by atoms with Gasteiger partial charge < -0.3 is 14.5 Å². The van der Waals surface area contributed by atoms with Gasteiger partial charge in [0.25, 0.3) is 0 Å². The number of ether oxygens (including phenoxy) is 1. The molecule has 2 heterocycles. The fourth-order valence-electron chi connectivity index (χ4n) is 3.73. The summed E-state index contributed by atoms with van der Waals surface area (Å²) in [6.45, 7) is 6.78. The highest BCUT2D eigenvalue weighted by Gasteiger charge is 2.38. The minimum Gasteiger partial charge on any atom is -0.408 e. The highest BCUT2D eigenvalue weighted by Crippen LogP contribution is 2.34. The van der Waals surface area contributed by atoms with Gasteiger partial charge in [-0.3, -0.25) is 4.90 Å². The van der Waals surface area contributed by atoms with Gasteiger partial charge in [-0.15, -0.1) is 5.10 Å². The van der Waals surface area contributed by atoms with E-state index in [2.05, 4.69) is 27.3 Å². The van der Waals surface area contributed by atoms with E-state index in [0.717, 1.165) is 51.6 Å². The maximum absolute atomic E-state index is 5.67. The molecule has 1 aliphatic heterocycles. The Morgan fingerprint density at radius 2 is 1.91 bits per heavy atom. The lowest BCUT2D eigenvalue weighted by Gasteiger charge is -2.48. The Bertz CT molecular complexity index is 451. The number of nitrogens with zero attached hydrogens (tertiary/aromatic N) is 3.